The van der Waals surface area contributed by atoms with E-state index in [0.717, 1.165) is 76.1 Å². The monoisotopic (exact) mass is 411 g/mol. The molecule has 6 heterocycles. The molecule has 1 aliphatic heterocycles. The van der Waals surface area contributed by atoms with Crippen LogP contribution in [-0.2, 0) is 0 Å². The van der Waals surface area contributed by atoms with E-state index >= 15 is 0 Å². The van der Waals surface area contributed by atoms with Gasteiger partial charge in [-0.3, -0.25) is 15.1 Å². The molecule has 3 N–H and O–H groups in total. The smallest absolute Gasteiger partial charge is 0.155 e. The largest absolute Gasteiger partial charge is 0.489 e. The van der Waals surface area contributed by atoms with Crippen LogP contribution in [-0.4, -0.2) is 49.3 Å². The Bertz CT molecular complexity index is 1330. The number of aromatic amines is 2. The van der Waals surface area contributed by atoms with Gasteiger partial charge in [-0.15, -0.1) is 0 Å². The molecule has 1 aliphatic rings. The molecule has 0 saturated carbocycles. The van der Waals surface area contributed by atoms with E-state index in [2.05, 4.69) is 47.6 Å². The summed E-state index contributed by atoms with van der Waals surface area (Å²) in [7, 11) is 0. The van der Waals surface area contributed by atoms with Crippen molar-refractivity contribution < 1.29 is 4.74 Å². The van der Waals surface area contributed by atoms with E-state index < -0.39 is 0 Å². The molecule has 0 amide bonds. The fourth-order valence-electron chi connectivity index (χ4n) is 4.11. The van der Waals surface area contributed by atoms with Crippen molar-refractivity contribution in [3.63, 3.8) is 0 Å². The molecule has 0 aliphatic carbocycles. The number of hydrogen-bond donors (Lipinski definition) is 3. The Balaban J connectivity index is 1.36. The van der Waals surface area contributed by atoms with Gasteiger partial charge in [0, 0.05) is 40.5 Å². The van der Waals surface area contributed by atoms with E-state index in [4.69, 9.17) is 4.74 Å². The summed E-state index contributed by atoms with van der Waals surface area (Å²) in [5.74, 6) is 0.792. The number of nitrogens with zero attached hydrogens (tertiary/aromatic N) is 4. The van der Waals surface area contributed by atoms with Crippen molar-refractivity contribution in [2.45, 2.75) is 18.9 Å². The highest BCUT2D eigenvalue weighted by Crippen LogP contribution is 2.31. The summed E-state index contributed by atoms with van der Waals surface area (Å²) in [6.07, 6.45) is 11.3. The third-order valence-electron chi connectivity index (χ3n) is 5.73. The lowest BCUT2D eigenvalue weighted by Crippen LogP contribution is -2.34. The van der Waals surface area contributed by atoms with Crippen LogP contribution in [0.4, 0.5) is 0 Å². The van der Waals surface area contributed by atoms with Gasteiger partial charge in [-0.25, -0.2) is 4.98 Å². The van der Waals surface area contributed by atoms with Crippen LogP contribution in [0.15, 0.2) is 55.2 Å². The minimum absolute atomic E-state index is 0.232. The summed E-state index contributed by atoms with van der Waals surface area (Å²) in [5, 5.41) is 12.9. The lowest BCUT2D eigenvalue weighted by Gasteiger charge is -2.23. The average molecular weight is 411 g/mol. The van der Waals surface area contributed by atoms with E-state index in [1.54, 1.807) is 12.4 Å². The molecule has 5 aromatic heterocycles. The van der Waals surface area contributed by atoms with Gasteiger partial charge in [0.25, 0.3) is 0 Å². The first-order chi connectivity index (χ1) is 15.3. The standard InChI is InChI=1S/C23H21N7O/c1-4-25-13-21-14(1)9-20(28-21)22-19-8-16(11-27-23(19)30-29-22)15-7-18(12-26-10-15)31-17-2-5-24-6-3-17/h1,4,7-13,17,24,28H,2-3,5-6H2,(H,27,29,30). The molecule has 0 spiro atoms. The number of ether oxygens (including phenoxy) is 1. The van der Waals surface area contributed by atoms with Crippen LogP contribution in [0.3, 0.4) is 0 Å². The first-order valence-corrected chi connectivity index (χ1v) is 10.4. The van der Waals surface area contributed by atoms with Crippen LogP contribution in [0.1, 0.15) is 12.8 Å². The van der Waals surface area contributed by atoms with Crippen molar-refractivity contribution >= 4 is 21.9 Å². The van der Waals surface area contributed by atoms with E-state index in [1.165, 1.54) is 0 Å². The molecule has 6 rings (SSSR count). The van der Waals surface area contributed by atoms with E-state index in [9.17, 15) is 0 Å². The molecule has 8 nitrogen and oxygen atoms in total. The number of pyridine rings is 3. The molecule has 0 unspecified atom stereocenters. The van der Waals surface area contributed by atoms with Crippen LogP contribution in [0, 0.1) is 0 Å². The van der Waals surface area contributed by atoms with E-state index in [-0.39, 0.29) is 6.10 Å². The van der Waals surface area contributed by atoms with Crippen molar-refractivity contribution in [2.24, 2.45) is 0 Å². The Kier molecular flexibility index (Phi) is 4.35. The van der Waals surface area contributed by atoms with Gasteiger partial charge in [0.05, 0.1) is 23.6 Å². The predicted molar refractivity (Wildman–Crippen MR) is 119 cm³/mol. The zero-order chi connectivity index (χ0) is 20.6. The minimum Gasteiger partial charge on any atom is -0.489 e. The van der Waals surface area contributed by atoms with Crippen molar-refractivity contribution in [1.29, 1.82) is 0 Å². The van der Waals surface area contributed by atoms with Gasteiger partial charge in [-0.05, 0) is 50.2 Å². The highest BCUT2D eigenvalue weighted by atomic mass is 16.5. The quantitative estimate of drug-likeness (QED) is 0.417. The Labute approximate surface area is 178 Å². The molecule has 5 aromatic rings. The Morgan fingerprint density at radius 3 is 2.74 bits per heavy atom. The molecule has 0 radical (unpaired) electrons. The van der Waals surface area contributed by atoms with Gasteiger partial charge in [-0.1, -0.05) is 0 Å². The number of fused-ring (bicyclic) bond motifs is 2. The third-order valence-corrected chi connectivity index (χ3v) is 5.73. The molecule has 1 saturated heterocycles. The zero-order valence-corrected chi connectivity index (χ0v) is 16.8. The molecule has 0 atom stereocenters. The van der Waals surface area contributed by atoms with Crippen LogP contribution in [0.2, 0.25) is 0 Å². The highest BCUT2D eigenvalue weighted by Gasteiger charge is 2.16. The van der Waals surface area contributed by atoms with Crippen molar-refractivity contribution in [3.8, 4) is 28.3 Å². The Morgan fingerprint density at radius 1 is 0.935 bits per heavy atom. The van der Waals surface area contributed by atoms with Gasteiger partial charge in [-0.2, -0.15) is 5.10 Å². The number of aromatic nitrogens is 6. The van der Waals surface area contributed by atoms with Gasteiger partial charge in [0.15, 0.2) is 5.65 Å². The second-order valence-corrected chi connectivity index (χ2v) is 7.81. The second-order valence-electron chi connectivity index (χ2n) is 7.81. The highest BCUT2D eigenvalue weighted by molar-refractivity contribution is 5.95. The van der Waals surface area contributed by atoms with E-state index in [1.807, 2.05) is 30.7 Å². The summed E-state index contributed by atoms with van der Waals surface area (Å²) in [4.78, 5) is 16.6. The molecule has 31 heavy (non-hydrogen) atoms. The van der Waals surface area contributed by atoms with E-state index in [0.29, 0.717) is 0 Å². The summed E-state index contributed by atoms with van der Waals surface area (Å²) in [6, 6.07) is 8.18. The maximum atomic E-state index is 6.16. The van der Waals surface area contributed by atoms with Gasteiger partial charge < -0.3 is 15.0 Å². The van der Waals surface area contributed by atoms with Crippen LogP contribution in [0.5, 0.6) is 5.75 Å². The zero-order valence-electron chi connectivity index (χ0n) is 16.8. The average Bonchev–Trinajstić information content (AvgIpc) is 3.43. The van der Waals surface area contributed by atoms with Crippen LogP contribution >= 0.6 is 0 Å². The molecule has 8 heteroatoms. The summed E-state index contributed by atoms with van der Waals surface area (Å²) < 4.78 is 6.16. The third kappa shape index (κ3) is 3.40. The number of nitrogens with one attached hydrogen (secondary N) is 3. The molecule has 0 aromatic carbocycles. The first kappa shape index (κ1) is 18.0. The minimum atomic E-state index is 0.232. The topological polar surface area (TPSA) is 104 Å². The predicted octanol–water partition coefficient (Wildman–Crippen LogP) is 3.69. The summed E-state index contributed by atoms with van der Waals surface area (Å²) in [6.45, 7) is 1.98. The SMILES string of the molecule is c1cc2cc(-c3n[nH]c4ncc(-c5cncc(OC6CCNCC6)c5)cc34)[nH]c2cn1. The molecule has 1 fully saturated rings. The maximum absolute atomic E-state index is 6.16. The fraction of sp³-hybridized carbons (Fsp3) is 0.217. The lowest BCUT2D eigenvalue weighted by molar-refractivity contribution is 0.162. The maximum Gasteiger partial charge on any atom is 0.155 e. The van der Waals surface area contributed by atoms with Gasteiger partial charge in [0.1, 0.15) is 17.5 Å². The molecular formula is C23H21N7O. The lowest BCUT2D eigenvalue weighted by atomic mass is 10.1. The Morgan fingerprint density at radius 2 is 1.84 bits per heavy atom. The normalized spacial score (nSPS) is 15.0. The van der Waals surface area contributed by atoms with Crippen molar-refractivity contribution in [2.75, 3.05) is 13.1 Å². The summed E-state index contributed by atoms with van der Waals surface area (Å²) in [5.41, 5.74) is 5.41. The van der Waals surface area contributed by atoms with Crippen molar-refractivity contribution in [3.05, 3.63) is 55.2 Å². The van der Waals surface area contributed by atoms with Crippen LogP contribution < -0.4 is 10.1 Å². The fourth-order valence-corrected chi connectivity index (χ4v) is 4.11. The first-order valence-electron chi connectivity index (χ1n) is 10.4. The number of H-pyrrole nitrogens is 2. The number of rotatable bonds is 4. The van der Waals surface area contributed by atoms with Crippen LogP contribution in [0.25, 0.3) is 44.5 Å². The number of hydrogen-bond acceptors (Lipinski definition) is 6. The number of piperidine rings is 1. The summed E-state index contributed by atoms with van der Waals surface area (Å²) >= 11 is 0. The van der Waals surface area contributed by atoms with Gasteiger partial charge >= 0.3 is 0 Å². The molecular weight excluding hydrogens is 390 g/mol. The van der Waals surface area contributed by atoms with Gasteiger partial charge in [0.2, 0.25) is 0 Å². The second kappa shape index (κ2) is 7.48. The molecule has 154 valence electrons. The van der Waals surface area contributed by atoms with Crippen molar-refractivity contribution in [1.82, 2.24) is 35.5 Å². The molecule has 0 bridgehead atoms. The Hall–Kier alpha value is -3.78.